The van der Waals surface area contributed by atoms with Gasteiger partial charge in [-0.05, 0) is 43.5 Å². The molecule has 0 aliphatic carbocycles. The largest absolute Gasteiger partial charge is 0.363 e. The molecular weight excluding hydrogens is 363 g/mol. The van der Waals surface area contributed by atoms with Gasteiger partial charge in [-0.1, -0.05) is 6.07 Å². The molecule has 0 N–H and O–H groups in total. The van der Waals surface area contributed by atoms with E-state index >= 15 is 0 Å². The Hall–Kier alpha value is -2.74. The number of aromatic nitrogens is 2. The van der Waals surface area contributed by atoms with E-state index in [2.05, 4.69) is 5.10 Å². The monoisotopic (exact) mass is 386 g/mol. The number of amides is 2. The third-order valence-electron chi connectivity index (χ3n) is 5.59. The number of benzene rings is 1. The number of carbonyl (C=O) groups is 2. The molecule has 2 aliphatic rings. The normalized spacial score (nSPS) is 23.1. The Labute approximate surface area is 162 Å². The number of halogens is 1. The van der Waals surface area contributed by atoms with E-state index in [9.17, 15) is 14.0 Å². The molecule has 2 fully saturated rings. The first kappa shape index (κ1) is 18.6. The van der Waals surface area contributed by atoms with Crippen molar-refractivity contribution in [3.05, 3.63) is 48.0 Å². The number of ether oxygens (including phenoxy) is 1. The average Bonchev–Trinajstić information content (AvgIpc) is 3.01. The number of carbonyl (C=O) groups excluding carboxylic acids is 2. The van der Waals surface area contributed by atoms with Gasteiger partial charge in [0.1, 0.15) is 18.1 Å². The molecule has 0 radical (unpaired) electrons. The highest BCUT2D eigenvalue weighted by atomic mass is 19.1. The molecule has 2 saturated heterocycles. The summed E-state index contributed by atoms with van der Waals surface area (Å²) in [5.74, 6) is -0.603. The molecule has 8 heteroatoms. The zero-order valence-corrected chi connectivity index (χ0v) is 15.8. The van der Waals surface area contributed by atoms with Crippen LogP contribution in [0.2, 0.25) is 0 Å². The lowest BCUT2D eigenvalue weighted by molar-refractivity contribution is -0.140. The molecule has 1 atom stereocenters. The molecule has 1 aromatic carbocycles. The highest BCUT2D eigenvalue weighted by molar-refractivity contribution is 5.95. The van der Waals surface area contributed by atoms with Crippen LogP contribution in [-0.2, 0) is 16.6 Å². The Morgan fingerprint density at radius 2 is 2.11 bits per heavy atom. The van der Waals surface area contributed by atoms with E-state index in [0.29, 0.717) is 37.4 Å². The molecule has 2 amide bonds. The number of likely N-dealkylation sites (tertiary alicyclic amines) is 1. The summed E-state index contributed by atoms with van der Waals surface area (Å²) in [6.07, 6.45) is 3.74. The van der Waals surface area contributed by atoms with Gasteiger partial charge in [-0.15, -0.1) is 0 Å². The third kappa shape index (κ3) is 3.52. The quantitative estimate of drug-likeness (QED) is 0.792. The van der Waals surface area contributed by atoms with Gasteiger partial charge in [0.2, 0.25) is 0 Å². The first-order chi connectivity index (χ1) is 13.5. The minimum atomic E-state index is -0.526. The predicted molar refractivity (Wildman–Crippen MR) is 100 cm³/mol. The summed E-state index contributed by atoms with van der Waals surface area (Å²) in [5.41, 5.74) is 0.568. The van der Waals surface area contributed by atoms with Crippen LogP contribution >= 0.6 is 0 Å². The van der Waals surface area contributed by atoms with Gasteiger partial charge in [0.15, 0.2) is 0 Å². The molecule has 0 saturated carbocycles. The van der Waals surface area contributed by atoms with E-state index in [-0.39, 0.29) is 24.2 Å². The zero-order chi connectivity index (χ0) is 19.7. The van der Waals surface area contributed by atoms with Crippen LogP contribution in [0.25, 0.3) is 0 Å². The summed E-state index contributed by atoms with van der Waals surface area (Å²) in [4.78, 5) is 28.6. The lowest BCUT2D eigenvalue weighted by Crippen LogP contribution is -2.55. The molecule has 1 aromatic heterocycles. The molecule has 1 spiro atoms. The highest BCUT2D eigenvalue weighted by Gasteiger charge is 2.42. The number of nitrogens with zero attached hydrogens (tertiary/aromatic N) is 4. The summed E-state index contributed by atoms with van der Waals surface area (Å²) in [6.45, 7) is 1.49. The molecule has 0 bridgehead atoms. The van der Waals surface area contributed by atoms with E-state index in [1.165, 1.54) is 12.1 Å². The average molecular weight is 386 g/mol. The van der Waals surface area contributed by atoms with Gasteiger partial charge in [-0.3, -0.25) is 14.3 Å². The number of hydrogen-bond acceptors (Lipinski definition) is 4. The van der Waals surface area contributed by atoms with Gasteiger partial charge in [-0.25, -0.2) is 4.39 Å². The molecule has 2 aromatic rings. The molecule has 148 valence electrons. The number of morpholine rings is 1. The second-order valence-electron chi connectivity index (χ2n) is 7.42. The highest BCUT2D eigenvalue weighted by Crippen LogP contribution is 2.33. The maximum absolute atomic E-state index is 13.6. The zero-order valence-electron chi connectivity index (χ0n) is 15.8. The standard InChI is InChI=1S/C20H23FN4O3/c1-23-17(6-9-22-23)19(27)24-10-3-7-20(8-11-24)14-25(18(26)13-28-20)16-5-2-4-15(21)12-16/h2,4-6,9,12H,3,7-8,10-11,13-14H2,1H3. The molecule has 3 heterocycles. The smallest absolute Gasteiger partial charge is 0.272 e. The first-order valence-electron chi connectivity index (χ1n) is 9.45. The molecule has 7 nitrogen and oxygen atoms in total. The van der Waals surface area contributed by atoms with Crippen LogP contribution in [0.3, 0.4) is 0 Å². The maximum atomic E-state index is 13.6. The topological polar surface area (TPSA) is 67.7 Å². The lowest BCUT2D eigenvalue weighted by Gasteiger charge is -2.42. The number of rotatable bonds is 2. The van der Waals surface area contributed by atoms with E-state index in [1.54, 1.807) is 41.0 Å². The molecular formula is C20H23FN4O3. The van der Waals surface area contributed by atoms with Crippen molar-refractivity contribution in [2.24, 2.45) is 7.05 Å². The summed E-state index contributed by atoms with van der Waals surface area (Å²) in [7, 11) is 1.75. The first-order valence-corrected chi connectivity index (χ1v) is 9.45. The van der Waals surface area contributed by atoms with Crippen LogP contribution in [0.5, 0.6) is 0 Å². The van der Waals surface area contributed by atoms with Crippen LogP contribution in [0.4, 0.5) is 10.1 Å². The second-order valence-corrected chi connectivity index (χ2v) is 7.42. The molecule has 1 unspecified atom stereocenters. The third-order valence-corrected chi connectivity index (χ3v) is 5.59. The van der Waals surface area contributed by atoms with Crippen LogP contribution < -0.4 is 4.90 Å². The second kappa shape index (κ2) is 7.35. The minimum absolute atomic E-state index is 0.0355. The van der Waals surface area contributed by atoms with Crippen molar-refractivity contribution in [1.29, 1.82) is 0 Å². The van der Waals surface area contributed by atoms with E-state index in [4.69, 9.17) is 4.74 Å². The molecule has 28 heavy (non-hydrogen) atoms. The van der Waals surface area contributed by atoms with Crippen LogP contribution in [0.1, 0.15) is 29.8 Å². The number of aryl methyl sites for hydroxylation is 1. The van der Waals surface area contributed by atoms with Crippen molar-refractivity contribution in [1.82, 2.24) is 14.7 Å². The Morgan fingerprint density at radius 1 is 1.25 bits per heavy atom. The maximum Gasteiger partial charge on any atom is 0.272 e. The van der Waals surface area contributed by atoms with Crippen molar-refractivity contribution in [3.63, 3.8) is 0 Å². The van der Waals surface area contributed by atoms with Gasteiger partial charge in [0.05, 0.1) is 12.1 Å². The number of hydrogen-bond donors (Lipinski definition) is 0. The van der Waals surface area contributed by atoms with Crippen LogP contribution in [0, 0.1) is 5.82 Å². The van der Waals surface area contributed by atoms with Gasteiger partial charge >= 0.3 is 0 Å². The van der Waals surface area contributed by atoms with E-state index in [1.807, 2.05) is 4.90 Å². The summed E-state index contributed by atoms with van der Waals surface area (Å²) >= 11 is 0. The number of anilines is 1. The SMILES string of the molecule is Cn1nccc1C(=O)N1CCCC2(CC1)CN(c1cccc(F)c1)C(=O)CO2. The summed E-state index contributed by atoms with van der Waals surface area (Å²) in [6, 6.07) is 7.77. The molecule has 4 rings (SSSR count). The van der Waals surface area contributed by atoms with Crippen molar-refractivity contribution in [2.75, 3.05) is 31.1 Å². The Morgan fingerprint density at radius 3 is 2.86 bits per heavy atom. The Kier molecular flexibility index (Phi) is 4.89. The predicted octanol–water partition coefficient (Wildman–Crippen LogP) is 1.99. The van der Waals surface area contributed by atoms with Gasteiger partial charge in [0.25, 0.3) is 11.8 Å². The van der Waals surface area contributed by atoms with Crippen molar-refractivity contribution in [3.8, 4) is 0 Å². The fourth-order valence-electron chi connectivity index (χ4n) is 4.01. The van der Waals surface area contributed by atoms with Crippen LogP contribution in [0.15, 0.2) is 36.5 Å². The minimum Gasteiger partial charge on any atom is -0.363 e. The lowest BCUT2D eigenvalue weighted by atomic mass is 9.92. The van der Waals surface area contributed by atoms with Gasteiger partial charge in [0, 0.05) is 32.0 Å². The summed E-state index contributed by atoms with van der Waals surface area (Å²) in [5, 5.41) is 4.07. The summed E-state index contributed by atoms with van der Waals surface area (Å²) < 4.78 is 21.2. The van der Waals surface area contributed by atoms with Crippen LogP contribution in [-0.4, -0.2) is 58.3 Å². The fourth-order valence-corrected chi connectivity index (χ4v) is 4.01. The Balaban J connectivity index is 1.50. The van der Waals surface area contributed by atoms with Crippen molar-refractivity contribution in [2.45, 2.75) is 24.9 Å². The van der Waals surface area contributed by atoms with Gasteiger partial charge in [-0.2, -0.15) is 5.10 Å². The van der Waals surface area contributed by atoms with Crippen molar-refractivity contribution < 1.29 is 18.7 Å². The fraction of sp³-hybridized carbons (Fsp3) is 0.450. The van der Waals surface area contributed by atoms with E-state index < -0.39 is 5.60 Å². The Bertz CT molecular complexity index is 899. The van der Waals surface area contributed by atoms with Gasteiger partial charge < -0.3 is 14.5 Å². The van der Waals surface area contributed by atoms with Crippen molar-refractivity contribution >= 4 is 17.5 Å². The van der Waals surface area contributed by atoms with E-state index in [0.717, 1.165) is 12.8 Å². The molecule has 2 aliphatic heterocycles.